The summed E-state index contributed by atoms with van der Waals surface area (Å²) in [6.45, 7) is 7.64. The number of hydrogen-bond donors (Lipinski definition) is 2. The molecule has 2 aliphatic rings. The lowest BCUT2D eigenvalue weighted by Gasteiger charge is -2.35. The van der Waals surface area contributed by atoms with Crippen molar-refractivity contribution in [3.8, 4) is 0 Å². The van der Waals surface area contributed by atoms with Gasteiger partial charge in [-0.2, -0.15) is 0 Å². The topological polar surface area (TPSA) is 57.4 Å². The third kappa shape index (κ3) is 3.44. The van der Waals surface area contributed by atoms with Crippen molar-refractivity contribution < 1.29 is 9.53 Å². The van der Waals surface area contributed by atoms with E-state index in [9.17, 15) is 4.79 Å². The van der Waals surface area contributed by atoms with Gasteiger partial charge in [0.2, 0.25) is 5.91 Å². The maximum Gasteiger partial charge on any atom is 0.224 e. The van der Waals surface area contributed by atoms with E-state index in [-0.39, 0.29) is 12.0 Å². The van der Waals surface area contributed by atoms with Crippen molar-refractivity contribution in [3.63, 3.8) is 0 Å². The van der Waals surface area contributed by atoms with Gasteiger partial charge < -0.3 is 15.0 Å². The van der Waals surface area contributed by atoms with Crippen LogP contribution in [0.15, 0.2) is 18.2 Å². The van der Waals surface area contributed by atoms with Crippen LogP contribution in [0.25, 0.3) is 10.9 Å². The van der Waals surface area contributed by atoms with Gasteiger partial charge in [0.05, 0.1) is 19.1 Å². The Kier molecular flexibility index (Phi) is 4.52. The van der Waals surface area contributed by atoms with Crippen LogP contribution in [0.4, 0.5) is 0 Å². The molecule has 2 N–H and O–H groups in total. The molecular formula is C20H27N3O2. The minimum atomic E-state index is 0.0673. The Balaban J connectivity index is 1.36. The second kappa shape index (κ2) is 6.81. The number of benzene rings is 1. The molecule has 5 nitrogen and oxygen atoms in total. The summed E-state index contributed by atoms with van der Waals surface area (Å²) in [5.74, 6) is 0.0673. The fourth-order valence-electron chi connectivity index (χ4n) is 4.18. The lowest BCUT2D eigenvalue weighted by atomic mass is 10.1. The number of aryl methyl sites for hydroxylation is 2. The Bertz CT molecular complexity index is 783. The lowest BCUT2D eigenvalue weighted by Crippen LogP contribution is -2.50. The molecule has 0 saturated carbocycles. The van der Waals surface area contributed by atoms with Gasteiger partial charge in [-0.3, -0.25) is 9.69 Å². The molecule has 0 spiro atoms. The van der Waals surface area contributed by atoms with Crippen molar-refractivity contribution in [1.29, 1.82) is 0 Å². The number of morpholine rings is 1. The SMILES string of the molecule is Cc1ccc2[nH]c(C)c(CC(=O)NC[C@@H]3CN4CCC[C@@H]4CO3)c2c1. The molecule has 2 aliphatic heterocycles. The number of H-pyrrole nitrogens is 1. The molecule has 2 fully saturated rings. The lowest BCUT2D eigenvalue weighted by molar-refractivity contribution is -0.121. The summed E-state index contributed by atoms with van der Waals surface area (Å²) in [7, 11) is 0. The zero-order chi connectivity index (χ0) is 17.4. The number of ether oxygens (including phenoxy) is 1. The molecule has 2 saturated heterocycles. The van der Waals surface area contributed by atoms with Crippen molar-refractivity contribution in [2.45, 2.75) is 45.3 Å². The molecule has 25 heavy (non-hydrogen) atoms. The molecule has 0 unspecified atom stereocenters. The van der Waals surface area contributed by atoms with Gasteiger partial charge >= 0.3 is 0 Å². The normalized spacial score (nSPS) is 23.8. The van der Waals surface area contributed by atoms with Crippen LogP contribution in [-0.2, 0) is 16.0 Å². The summed E-state index contributed by atoms with van der Waals surface area (Å²) in [6.07, 6.45) is 3.04. The monoisotopic (exact) mass is 341 g/mol. The minimum absolute atomic E-state index is 0.0673. The maximum atomic E-state index is 12.5. The van der Waals surface area contributed by atoms with Crippen LogP contribution in [-0.4, -0.2) is 54.2 Å². The first-order valence-electron chi connectivity index (χ1n) is 9.30. The number of carbonyl (C=O) groups excluding carboxylic acids is 1. The number of aromatic amines is 1. The van der Waals surface area contributed by atoms with Crippen molar-refractivity contribution in [1.82, 2.24) is 15.2 Å². The highest BCUT2D eigenvalue weighted by molar-refractivity contribution is 5.90. The Morgan fingerprint density at radius 2 is 2.28 bits per heavy atom. The Morgan fingerprint density at radius 3 is 3.16 bits per heavy atom. The maximum absolute atomic E-state index is 12.5. The zero-order valence-electron chi connectivity index (χ0n) is 15.1. The average Bonchev–Trinajstić information content (AvgIpc) is 3.17. The minimum Gasteiger partial charge on any atom is -0.373 e. The number of amides is 1. The molecule has 5 heteroatoms. The van der Waals surface area contributed by atoms with E-state index in [1.54, 1.807) is 0 Å². The molecule has 0 radical (unpaired) electrons. The molecule has 4 rings (SSSR count). The Hall–Kier alpha value is -1.85. The van der Waals surface area contributed by atoms with Crippen LogP contribution >= 0.6 is 0 Å². The highest BCUT2D eigenvalue weighted by Gasteiger charge is 2.32. The summed E-state index contributed by atoms with van der Waals surface area (Å²) >= 11 is 0. The summed E-state index contributed by atoms with van der Waals surface area (Å²) in [6, 6.07) is 6.93. The van der Waals surface area contributed by atoms with Gasteiger partial charge in [-0.05, 0) is 50.9 Å². The summed E-state index contributed by atoms with van der Waals surface area (Å²) in [4.78, 5) is 18.4. The first-order chi connectivity index (χ1) is 12.1. The van der Waals surface area contributed by atoms with Crippen molar-refractivity contribution >= 4 is 16.8 Å². The number of hydrogen-bond acceptors (Lipinski definition) is 3. The predicted molar refractivity (Wildman–Crippen MR) is 98.8 cm³/mol. The molecule has 2 atom stereocenters. The number of nitrogens with one attached hydrogen (secondary N) is 2. The summed E-state index contributed by atoms with van der Waals surface area (Å²) in [5, 5.41) is 4.23. The van der Waals surface area contributed by atoms with Crippen LogP contribution in [0, 0.1) is 13.8 Å². The molecule has 3 heterocycles. The molecule has 0 bridgehead atoms. The molecule has 0 aliphatic carbocycles. The molecule has 2 aromatic rings. The zero-order valence-corrected chi connectivity index (χ0v) is 15.1. The van der Waals surface area contributed by atoms with E-state index < -0.39 is 0 Å². The van der Waals surface area contributed by atoms with Gasteiger partial charge in [-0.25, -0.2) is 0 Å². The number of nitrogens with zero attached hydrogens (tertiary/aromatic N) is 1. The molecule has 1 aromatic heterocycles. The van der Waals surface area contributed by atoms with Crippen LogP contribution in [0.1, 0.15) is 29.7 Å². The van der Waals surface area contributed by atoms with Gasteiger partial charge in [0.15, 0.2) is 0 Å². The van der Waals surface area contributed by atoms with Gasteiger partial charge in [0.1, 0.15) is 0 Å². The first-order valence-corrected chi connectivity index (χ1v) is 9.30. The molecule has 134 valence electrons. The van der Waals surface area contributed by atoms with Crippen molar-refractivity contribution in [3.05, 3.63) is 35.0 Å². The van der Waals surface area contributed by atoms with Crippen LogP contribution in [0.3, 0.4) is 0 Å². The standard InChI is InChI=1S/C20H27N3O2/c1-13-5-6-19-18(8-13)17(14(2)22-19)9-20(24)21-10-16-11-23-7-3-4-15(23)12-25-16/h5-6,8,15-16,22H,3-4,7,9-12H2,1-2H3,(H,21,24)/t15-,16-/m1/s1. The third-order valence-electron chi connectivity index (χ3n) is 5.60. The molecular weight excluding hydrogens is 314 g/mol. The summed E-state index contributed by atoms with van der Waals surface area (Å²) < 4.78 is 5.92. The molecule has 1 amide bonds. The van der Waals surface area contributed by atoms with Crippen LogP contribution in [0.5, 0.6) is 0 Å². The Labute approximate surface area is 148 Å². The van der Waals surface area contributed by atoms with E-state index in [1.807, 2.05) is 6.92 Å². The predicted octanol–water partition coefficient (Wildman–Crippen LogP) is 2.31. The van der Waals surface area contributed by atoms with Gasteiger partial charge in [0.25, 0.3) is 0 Å². The number of carbonyl (C=O) groups is 1. The van der Waals surface area contributed by atoms with E-state index in [2.05, 4.69) is 40.3 Å². The quantitative estimate of drug-likeness (QED) is 0.897. The number of fused-ring (bicyclic) bond motifs is 2. The van der Waals surface area contributed by atoms with E-state index in [4.69, 9.17) is 4.74 Å². The van der Waals surface area contributed by atoms with E-state index >= 15 is 0 Å². The highest BCUT2D eigenvalue weighted by Crippen LogP contribution is 2.24. The largest absolute Gasteiger partial charge is 0.373 e. The summed E-state index contributed by atoms with van der Waals surface area (Å²) in [5.41, 5.74) is 4.48. The van der Waals surface area contributed by atoms with E-state index in [0.29, 0.717) is 19.0 Å². The van der Waals surface area contributed by atoms with Crippen molar-refractivity contribution in [2.75, 3.05) is 26.2 Å². The van der Waals surface area contributed by atoms with Crippen LogP contribution in [0.2, 0.25) is 0 Å². The van der Waals surface area contributed by atoms with Crippen molar-refractivity contribution in [2.24, 2.45) is 0 Å². The Morgan fingerprint density at radius 1 is 1.40 bits per heavy atom. The molecule has 1 aromatic carbocycles. The van der Waals surface area contributed by atoms with Crippen LogP contribution < -0.4 is 5.32 Å². The van der Waals surface area contributed by atoms with Gasteiger partial charge in [-0.1, -0.05) is 11.6 Å². The fraction of sp³-hybridized carbons (Fsp3) is 0.550. The fourth-order valence-corrected chi connectivity index (χ4v) is 4.18. The number of aromatic nitrogens is 1. The van der Waals surface area contributed by atoms with Gasteiger partial charge in [0, 0.05) is 35.7 Å². The highest BCUT2D eigenvalue weighted by atomic mass is 16.5. The second-order valence-electron chi connectivity index (χ2n) is 7.50. The third-order valence-corrected chi connectivity index (χ3v) is 5.60. The van der Waals surface area contributed by atoms with Gasteiger partial charge in [-0.15, -0.1) is 0 Å². The second-order valence-corrected chi connectivity index (χ2v) is 7.50. The van der Waals surface area contributed by atoms with E-state index in [1.165, 1.54) is 24.9 Å². The van der Waals surface area contributed by atoms with E-state index in [0.717, 1.165) is 35.3 Å². The first kappa shape index (κ1) is 16.6. The number of rotatable bonds is 4. The average molecular weight is 341 g/mol. The smallest absolute Gasteiger partial charge is 0.224 e.